The Kier molecular flexibility index (Phi) is 5.50. The van der Waals surface area contributed by atoms with E-state index in [1.807, 2.05) is 37.3 Å². The molecule has 2 amide bonds. The molecule has 1 aliphatic rings. The molecule has 0 unspecified atom stereocenters. The fraction of sp³-hybridized carbons (Fsp3) is 0.278. The molecule has 26 heavy (non-hydrogen) atoms. The first-order chi connectivity index (χ1) is 12.4. The first-order valence-electron chi connectivity index (χ1n) is 8.26. The molecule has 0 spiro atoms. The Morgan fingerprint density at radius 1 is 1.08 bits per heavy atom. The molecular weight excluding hydrogens is 374 g/mol. The Balaban J connectivity index is 1.68. The van der Waals surface area contributed by atoms with E-state index in [9.17, 15) is 13.2 Å². The van der Waals surface area contributed by atoms with Crippen molar-refractivity contribution in [3.05, 3.63) is 59.6 Å². The number of piperazine rings is 1. The van der Waals surface area contributed by atoms with E-state index in [4.69, 9.17) is 11.6 Å². The molecule has 1 heterocycles. The van der Waals surface area contributed by atoms with Crippen LogP contribution in [0, 0.1) is 0 Å². The molecule has 1 atom stereocenters. The number of hydrogen-bond donors (Lipinski definition) is 1. The van der Waals surface area contributed by atoms with E-state index in [2.05, 4.69) is 5.32 Å². The molecule has 0 aliphatic carbocycles. The first kappa shape index (κ1) is 18.7. The molecule has 3 rings (SSSR count). The third-order valence-corrected chi connectivity index (χ3v) is 6.46. The van der Waals surface area contributed by atoms with Gasteiger partial charge in [-0.25, -0.2) is 13.2 Å². The molecule has 2 aromatic carbocycles. The number of nitrogens with one attached hydrogen (secondary N) is 1. The largest absolute Gasteiger partial charge is 0.322 e. The molecule has 1 fully saturated rings. The SMILES string of the molecule is C[C@H]1CN(S(=O)(=O)c2ccc(Cl)cc2)CCN1C(=O)Nc1ccccc1. The van der Waals surface area contributed by atoms with Crippen LogP contribution < -0.4 is 5.32 Å². The second-order valence-corrected chi connectivity index (χ2v) is 8.53. The molecule has 0 bridgehead atoms. The standard InChI is InChI=1S/C18H20ClN3O3S/c1-14-13-21(26(24,25)17-9-7-15(19)8-10-17)11-12-22(14)18(23)20-16-5-3-2-4-6-16/h2-10,14H,11-13H2,1H3,(H,20,23)/t14-/m0/s1. The number of carbonyl (C=O) groups is 1. The first-order valence-corrected chi connectivity index (χ1v) is 10.1. The lowest BCUT2D eigenvalue weighted by Crippen LogP contribution is -2.56. The maximum atomic E-state index is 12.8. The average molecular weight is 394 g/mol. The average Bonchev–Trinajstić information content (AvgIpc) is 2.62. The van der Waals surface area contributed by atoms with Crippen LogP contribution in [0.25, 0.3) is 0 Å². The molecule has 6 nitrogen and oxygen atoms in total. The zero-order valence-electron chi connectivity index (χ0n) is 14.3. The van der Waals surface area contributed by atoms with Gasteiger partial charge in [-0.05, 0) is 43.3 Å². The van der Waals surface area contributed by atoms with E-state index in [0.29, 0.717) is 17.3 Å². The van der Waals surface area contributed by atoms with Crippen molar-refractivity contribution < 1.29 is 13.2 Å². The number of halogens is 1. The van der Waals surface area contributed by atoms with Gasteiger partial charge < -0.3 is 10.2 Å². The smallest absolute Gasteiger partial charge is 0.319 e. The lowest BCUT2D eigenvalue weighted by molar-refractivity contribution is 0.149. The lowest BCUT2D eigenvalue weighted by Gasteiger charge is -2.39. The molecule has 1 aliphatic heterocycles. The van der Waals surface area contributed by atoms with Crippen LogP contribution in [-0.2, 0) is 10.0 Å². The highest BCUT2D eigenvalue weighted by atomic mass is 35.5. The summed E-state index contributed by atoms with van der Waals surface area (Å²) in [5.41, 5.74) is 0.709. The third kappa shape index (κ3) is 4.00. The van der Waals surface area contributed by atoms with E-state index in [0.717, 1.165) is 0 Å². The molecular formula is C18H20ClN3O3S. The minimum atomic E-state index is -3.60. The predicted molar refractivity (Wildman–Crippen MR) is 102 cm³/mol. The summed E-state index contributed by atoms with van der Waals surface area (Å²) in [5.74, 6) is 0. The fourth-order valence-electron chi connectivity index (χ4n) is 2.92. The number of anilines is 1. The number of hydrogen-bond acceptors (Lipinski definition) is 3. The van der Waals surface area contributed by atoms with E-state index >= 15 is 0 Å². The number of para-hydroxylation sites is 1. The minimum absolute atomic E-state index is 0.205. The second-order valence-electron chi connectivity index (χ2n) is 6.16. The topological polar surface area (TPSA) is 69.7 Å². The van der Waals surface area contributed by atoms with Gasteiger partial charge in [0.15, 0.2) is 0 Å². The summed E-state index contributed by atoms with van der Waals surface area (Å²) in [6.07, 6.45) is 0. The Morgan fingerprint density at radius 3 is 2.35 bits per heavy atom. The Morgan fingerprint density at radius 2 is 1.73 bits per heavy atom. The molecule has 0 aromatic heterocycles. The second kappa shape index (κ2) is 7.65. The van der Waals surface area contributed by atoms with Crippen LogP contribution in [0.2, 0.25) is 5.02 Å². The van der Waals surface area contributed by atoms with Crippen molar-refractivity contribution in [1.82, 2.24) is 9.21 Å². The highest BCUT2D eigenvalue weighted by molar-refractivity contribution is 7.89. The quantitative estimate of drug-likeness (QED) is 0.870. The summed E-state index contributed by atoms with van der Waals surface area (Å²) < 4.78 is 27.0. The summed E-state index contributed by atoms with van der Waals surface area (Å²) in [6.45, 7) is 2.66. The van der Waals surface area contributed by atoms with Gasteiger partial charge in [0.25, 0.3) is 0 Å². The van der Waals surface area contributed by atoms with E-state index in [-0.39, 0.29) is 30.1 Å². The van der Waals surface area contributed by atoms with Crippen LogP contribution >= 0.6 is 11.6 Å². The van der Waals surface area contributed by atoms with Crippen molar-refractivity contribution in [1.29, 1.82) is 0 Å². The number of rotatable bonds is 3. The summed E-state index contributed by atoms with van der Waals surface area (Å²) in [5, 5.41) is 3.32. The van der Waals surface area contributed by atoms with Crippen molar-refractivity contribution in [2.24, 2.45) is 0 Å². The van der Waals surface area contributed by atoms with Crippen molar-refractivity contribution in [2.45, 2.75) is 17.9 Å². The Hall–Kier alpha value is -2.09. The highest BCUT2D eigenvalue weighted by Crippen LogP contribution is 2.22. The van der Waals surface area contributed by atoms with Crippen LogP contribution in [0.1, 0.15) is 6.92 Å². The monoisotopic (exact) mass is 393 g/mol. The predicted octanol–water partition coefficient (Wildman–Crippen LogP) is 3.27. The van der Waals surface area contributed by atoms with Gasteiger partial charge in [0.05, 0.1) is 4.90 Å². The van der Waals surface area contributed by atoms with E-state index in [1.165, 1.54) is 16.4 Å². The molecule has 0 radical (unpaired) electrons. The molecule has 138 valence electrons. The number of carbonyl (C=O) groups excluding carboxylic acids is 1. The summed E-state index contributed by atoms with van der Waals surface area (Å²) >= 11 is 5.83. The Bertz CT molecular complexity index is 872. The number of benzene rings is 2. The van der Waals surface area contributed by atoms with Gasteiger partial charge in [0.1, 0.15) is 0 Å². The van der Waals surface area contributed by atoms with Crippen molar-refractivity contribution >= 4 is 33.3 Å². The van der Waals surface area contributed by atoms with Crippen LogP contribution in [0.15, 0.2) is 59.5 Å². The van der Waals surface area contributed by atoms with Gasteiger partial charge in [-0.2, -0.15) is 4.31 Å². The number of urea groups is 1. The van der Waals surface area contributed by atoms with Crippen LogP contribution in [-0.4, -0.2) is 49.3 Å². The zero-order chi connectivity index (χ0) is 18.7. The molecule has 1 N–H and O–H groups in total. The minimum Gasteiger partial charge on any atom is -0.319 e. The van der Waals surface area contributed by atoms with Crippen LogP contribution in [0.4, 0.5) is 10.5 Å². The van der Waals surface area contributed by atoms with Crippen molar-refractivity contribution in [3.63, 3.8) is 0 Å². The summed E-state index contributed by atoms with van der Waals surface area (Å²) in [4.78, 5) is 14.3. The van der Waals surface area contributed by atoms with Gasteiger partial charge in [0, 0.05) is 36.4 Å². The van der Waals surface area contributed by atoms with Gasteiger partial charge in [0.2, 0.25) is 10.0 Å². The van der Waals surface area contributed by atoms with Gasteiger partial charge in [-0.15, -0.1) is 0 Å². The molecule has 8 heteroatoms. The third-order valence-electron chi connectivity index (χ3n) is 4.33. The highest BCUT2D eigenvalue weighted by Gasteiger charge is 2.34. The lowest BCUT2D eigenvalue weighted by atomic mass is 10.2. The van der Waals surface area contributed by atoms with Crippen LogP contribution in [0.5, 0.6) is 0 Å². The van der Waals surface area contributed by atoms with Gasteiger partial charge in [-0.3, -0.25) is 0 Å². The summed E-state index contributed by atoms with van der Waals surface area (Å²) in [7, 11) is -3.60. The van der Waals surface area contributed by atoms with Crippen molar-refractivity contribution in [3.8, 4) is 0 Å². The summed E-state index contributed by atoms with van der Waals surface area (Å²) in [6, 6.07) is 14.8. The van der Waals surface area contributed by atoms with E-state index < -0.39 is 10.0 Å². The van der Waals surface area contributed by atoms with Gasteiger partial charge in [-0.1, -0.05) is 29.8 Å². The number of sulfonamides is 1. The van der Waals surface area contributed by atoms with Gasteiger partial charge >= 0.3 is 6.03 Å². The zero-order valence-corrected chi connectivity index (χ0v) is 15.9. The normalized spacial score (nSPS) is 18.5. The van der Waals surface area contributed by atoms with E-state index in [1.54, 1.807) is 17.0 Å². The molecule has 2 aromatic rings. The number of nitrogens with zero attached hydrogens (tertiary/aromatic N) is 2. The molecule has 0 saturated carbocycles. The van der Waals surface area contributed by atoms with Crippen LogP contribution in [0.3, 0.4) is 0 Å². The fourth-order valence-corrected chi connectivity index (χ4v) is 4.55. The Labute approximate surface area is 158 Å². The number of amides is 2. The van der Waals surface area contributed by atoms with Crippen molar-refractivity contribution in [2.75, 3.05) is 25.0 Å². The maximum Gasteiger partial charge on any atom is 0.322 e. The molecule has 1 saturated heterocycles. The maximum absolute atomic E-state index is 12.8.